The molecule has 0 aromatic carbocycles. The van der Waals surface area contributed by atoms with Gasteiger partial charge in [-0.1, -0.05) is 25.8 Å². The second-order valence-electron chi connectivity index (χ2n) is 9.04. The molecule has 0 aliphatic heterocycles. The lowest BCUT2D eigenvalue weighted by Gasteiger charge is -2.64. The van der Waals surface area contributed by atoms with Gasteiger partial charge < -0.3 is 10.6 Å². The van der Waals surface area contributed by atoms with Crippen LogP contribution >= 0.6 is 0 Å². The highest BCUT2D eigenvalue weighted by Crippen LogP contribution is 2.61. The third kappa shape index (κ3) is 3.02. The van der Waals surface area contributed by atoms with Crippen molar-refractivity contribution in [2.75, 3.05) is 6.54 Å². The molecule has 0 heterocycles. The van der Waals surface area contributed by atoms with Gasteiger partial charge in [0.2, 0.25) is 11.8 Å². The predicted molar refractivity (Wildman–Crippen MR) is 97.7 cm³/mol. The topological polar surface area (TPSA) is 58.2 Å². The van der Waals surface area contributed by atoms with E-state index in [0.717, 1.165) is 11.8 Å². The molecule has 2 N–H and O–H groups in total. The summed E-state index contributed by atoms with van der Waals surface area (Å²) in [7, 11) is 0. The Morgan fingerprint density at radius 3 is 2.08 bits per heavy atom. The van der Waals surface area contributed by atoms with Crippen LogP contribution in [0.1, 0.15) is 64.2 Å². The maximum absolute atomic E-state index is 12.7. The average molecular weight is 344 g/mol. The van der Waals surface area contributed by atoms with Crippen LogP contribution in [0.15, 0.2) is 12.7 Å². The lowest BCUT2D eigenvalue weighted by molar-refractivity contribution is -0.140. The van der Waals surface area contributed by atoms with E-state index < -0.39 is 0 Å². The summed E-state index contributed by atoms with van der Waals surface area (Å²) in [5, 5.41) is 6.19. The molecule has 138 valence electrons. The van der Waals surface area contributed by atoms with Gasteiger partial charge >= 0.3 is 0 Å². The number of hydrogen-bond acceptors (Lipinski definition) is 2. The Morgan fingerprint density at radius 2 is 1.52 bits per heavy atom. The molecule has 5 saturated carbocycles. The van der Waals surface area contributed by atoms with E-state index in [0.29, 0.717) is 17.8 Å². The maximum atomic E-state index is 12.7. The molecule has 5 aliphatic rings. The first-order valence-electron chi connectivity index (χ1n) is 10.3. The zero-order chi connectivity index (χ0) is 17.4. The minimum atomic E-state index is -0.271. The molecule has 0 saturated heterocycles. The van der Waals surface area contributed by atoms with E-state index >= 15 is 0 Å². The van der Waals surface area contributed by atoms with Gasteiger partial charge in [0.15, 0.2) is 0 Å². The van der Waals surface area contributed by atoms with Crippen LogP contribution in [0, 0.1) is 29.6 Å². The van der Waals surface area contributed by atoms with Gasteiger partial charge in [0.05, 0.1) is 6.54 Å². The highest BCUT2D eigenvalue weighted by molar-refractivity contribution is 5.90. The highest BCUT2D eigenvalue weighted by atomic mass is 16.2. The number of rotatable bonds is 5. The Bertz CT molecular complexity index is 517. The van der Waals surface area contributed by atoms with E-state index in [2.05, 4.69) is 17.2 Å². The summed E-state index contributed by atoms with van der Waals surface area (Å²) in [5.74, 6) is 3.47. The van der Waals surface area contributed by atoms with Crippen molar-refractivity contribution in [1.82, 2.24) is 10.6 Å². The molecule has 5 aliphatic carbocycles. The molecule has 0 spiro atoms. The summed E-state index contributed by atoms with van der Waals surface area (Å²) >= 11 is 0. The van der Waals surface area contributed by atoms with Crippen molar-refractivity contribution in [2.24, 2.45) is 29.6 Å². The van der Waals surface area contributed by atoms with Gasteiger partial charge in [0.1, 0.15) is 0 Å². The first-order chi connectivity index (χ1) is 12.1. The predicted octanol–water partition coefficient (Wildman–Crippen LogP) is 3.18. The fourth-order valence-electron chi connectivity index (χ4n) is 7.04. The van der Waals surface area contributed by atoms with Crippen molar-refractivity contribution < 1.29 is 9.59 Å². The van der Waals surface area contributed by atoms with Crippen LogP contribution < -0.4 is 10.6 Å². The Labute approximate surface area is 151 Å². The molecular formula is C21H32N2O2. The Morgan fingerprint density at radius 1 is 0.920 bits per heavy atom. The molecule has 2 amide bonds. The summed E-state index contributed by atoms with van der Waals surface area (Å²) < 4.78 is 0. The molecule has 0 radical (unpaired) electrons. The van der Waals surface area contributed by atoms with Crippen molar-refractivity contribution >= 4 is 11.8 Å². The third-order valence-corrected chi connectivity index (χ3v) is 7.73. The molecular weight excluding hydrogens is 312 g/mol. The van der Waals surface area contributed by atoms with Crippen molar-refractivity contribution in [1.29, 1.82) is 0 Å². The summed E-state index contributed by atoms with van der Waals surface area (Å²) in [6, 6.07) is 0. The number of nitrogens with one attached hydrogen (secondary N) is 2. The quantitative estimate of drug-likeness (QED) is 0.753. The summed E-state index contributed by atoms with van der Waals surface area (Å²) in [5.41, 5.74) is 0.00380. The molecule has 0 atom stereocenters. The van der Waals surface area contributed by atoms with Gasteiger partial charge in [-0.15, -0.1) is 0 Å². The summed E-state index contributed by atoms with van der Waals surface area (Å²) in [6.45, 7) is 3.53. The average Bonchev–Trinajstić information content (AvgIpc) is 2.63. The molecule has 5 rings (SSSR count). The van der Waals surface area contributed by atoms with Gasteiger partial charge in [-0.3, -0.25) is 9.59 Å². The minimum Gasteiger partial charge on any atom is -0.348 e. The molecule has 4 nitrogen and oxygen atoms in total. The SMILES string of the molecule is C=CC(=O)NCC(=O)NC1(C2CCCCC2)C2CC3CC(C2)CC1C3. The fraction of sp³-hybridized carbons (Fsp3) is 0.810. The van der Waals surface area contributed by atoms with Crippen LogP contribution in [0.4, 0.5) is 0 Å². The maximum Gasteiger partial charge on any atom is 0.243 e. The van der Waals surface area contributed by atoms with E-state index in [9.17, 15) is 9.59 Å². The number of carbonyl (C=O) groups excluding carboxylic acids is 2. The van der Waals surface area contributed by atoms with E-state index in [1.165, 1.54) is 70.3 Å². The van der Waals surface area contributed by atoms with Gasteiger partial charge in [-0.25, -0.2) is 0 Å². The lowest BCUT2D eigenvalue weighted by atomic mass is 9.45. The van der Waals surface area contributed by atoms with Crippen molar-refractivity contribution in [2.45, 2.75) is 69.7 Å². The molecule has 0 aromatic rings. The highest BCUT2D eigenvalue weighted by Gasteiger charge is 2.60. The van der Waals surface area contributed by atoms with Gasteiger partial charge in [0.25, 0.3) is 0 Å². The third-order valence-electron chi connectivity index (χ3n) is 7.73. The first-order valence-corrected chi connectivity index (χ1v) is 10.3. The van der Waals surface area contributed by atoms with Crippen molar-refractivity contribution in [3.05, 3.63) is 12.7 Å². The Kier molecular flexibility index (Phi) is 4.63. The monoisotopic (exact) mass is 344 g/mol. The standard InChI is InChI=1S/C21H32N2O2/c1-2-19(24)22-13-20(25)23-21(16-6-4-3-5-7-16)17-9-14-8-15(11-17)12-18(21)10-14/h2,14-18H,1,3-13H2,(H,22,24)(H,23,25). The van der Waals surface area contributed by atoms with Crippen molar-refractivity contribution in [3.63, 3.8) is 0 Å². The van der Waals surface area contributed by atoms with E-state index in [1.54, 1.807) is 0 Å². The van der Waals surface area contributed by atoms with Gasteiger partial charge in [0, 0.05) is 5.54 Å². The second-order valence-corrected chi connectivity index (χ2v) is 9.04. The first kappa shape index (κ1) is 17.1. The smallest absolute Gasteiger partial charge is 0.243 e. The zero-order valence-electron chi connectivity index (χ0n) is 15.3. The number of amides is 2. The van der Waals surface area contributed by atoms with Crippen LogP contribution in [0.2, 0.25) is 0 Å². The molecule has 0 unspecified atom stereocenters. The normalized spacial score (nSPS) is 39.8. The van der Waals surface area contributed by atoms with Crippen LogP contribution in [-0.4, -0.2) is 23.9 Å². The molecule has 4 heteroatoms. The Hall–Kier alpha value is -1.32. The fourth-order valence-corrected chi connectivity index (χ4v) is 7.04. The zero-order valence-corrected chi connectivity index (χ0v) is 15.3. The van der Waals surface area contributed by atoms with Crippen LogP contribution in [0.25, 0.3) is 0 Å². The second kappa shape index (κ2) is 6.77. The molecule has 25 heavy (non-hydrogen) atoms. The van der Waals surface area contributed by atoms with Crippen LogP contribution in [-0.2, 0) is 9.59 Å². The summed E-state index contributed by atoms with van der Waals surface area (Å²) in [4.78, 5) is 24.2. The van der Waals surface area contributed by atoms with E-state index in [1.807, 2.05) is 0 Å². The molecule has 5 fully saturated rings. The number of carbonyl (C=O) groups is 2. The largest absolute Gasteiger partial charge is 0.348 e. The van der Waals surface area contributed by atoms with Gasteiger partial charge in [-0.2, -0.15) is 0 Å². The molecule has 0 aromatic heterocycles. The minimum absolute atomic E-state index is 0.00380. The Balaban J connectivity index is 1.55. The number of hydrogen-bond donors (Lipinski definition) is 2. The van der Waals surface area contributed by atoms with Crippen molar-refractivity contribution in [3.8, 4) is 0 Å². The lowest BCUT2D eigenvalue weighted by Crippen LogP contribution is -2.70. The van der Waals surface area contributed by atoms with Crippen LogP contribution in [0.5, 0.6) is 0 Å². The van der Waals surface area contributed by atoms with Crippen LogP contribution in [0.3, 0.4) is 0 Å². The summed E-state index contributed by atoms with van der Waals surface area (Å²) in [6.07, 6.45) is 14.4. The molecule has 4 bridgehead atoms. The van der Waals surface area contributed by atoms with Gasteiger partial charge in [-0.05, 0) is 80.6 Å². The van der Waals surface area contributed by atoms with E-state index in [-0.39, 0.29) is 23.9 Å². The van der Waals surface area contributed by atoms with E-state index in [4.69, 9.17) is 0 Å².